The number of carbonyl (C=O) groups excluding carboxylic acids is 5. The standard InChI is InChI=1S/C43H63N5O11/c1-26(2)37(45)34(41(46)59-42-40(57-31(7)52)39(56-30(6)51)38(55-29(5)50)35(58-42)24-54-28(4)49)22-33-13-12-32(21-27(33)3)11-8-9-17-47-18-10-14-43(25-47)15-19-48(20-16-43)36(53)23-44/h8,11-13,21,26,35,38-40,42,46H,9-10,14-20,22-25,44-45H2,1-7H3/b11-8+,37-34-,46-41?/t35-,38-,39+,40-,42+/m1/s1. The van der Waals surface area contributed by atoms with Crippen LogP contribution in [0.15, 0.2) is 35.5 Å². The summed E-state index contributed by atoms with van der Waals surface area (Å²) in [4.78, 5) is 65.0. The number of esters is 4. The summed E-state index contributed by atoms with van der Waals surface area (Å²) in [6.07, 6.45) is 2.75. The predicted octanol–water partition coefficient (Wildman–Crippen LogP) is 3.55. The van der Waals surface area contributed by atoms with Crippen LogP contribution in [0.4, 0.5) is 0 Å². The van der Waals surface area contributed by atoms with Crippen molar-refractivity contribution in [1.82, 2.24) is 9.80 Å². The second kappa shape index (κ2) is 21.5. The van der Waals surface area contributed by atoms with Gasteiger partial charge in [-0.05, 0) is 73.6 Å². The maximum absolute atomic E-state index is 12.3. The molecule has 1 aromatic rings. The molecule has 16 nitrogen and oxygen atoms in total. The molecule has 0 bridgehead atoms. The lowest BCUT2D eigenvalue weighted by Gasteiger charge is -2.47. The molecule has 3 aliphatic rings. The topological polar surface area (TPSA) is 223 Å². The van der Waals surface area contributed by atoms with Gasteiger partial charge < -0.3 is 49.7 Å². The second-order valence-corrected chi connectivity index (χ2v) is 16.1. The number of ether oxygens (including phenoxy) is 6. The first-order valence-corrected chi connectivity index (χ1v) is 20.4. The monoisotopic (exact) mass is 825 g/mol. The molecule has 5 N–H and O–H groups in total. The van der Waals surface area contributed by atoms with Crippen molar-refractivity contribution in [3.63, 3.8) is 0 Å². The molecule has 0 radical (unpaired) electrons. The minimum atomic E-state index is -1.57. The van der Waals surface area contributed by atoms with E-state index in [4.69, 9.17) is 45.3 Å². The Morgan fingerprint density at radius 1 is 0.915 bits per heavy atom. The maximum atomic E-state index is 12.3. The van der Waals surface area contributed by atoms with Crippen molar-refractivity contribution in [1.29, 1.82) is 5.41 Å². The molecule has 5 atom stereocenters. The predicted molar refractivity (Wildman–Crippen MR) is 218 cm³/mol. The molecule has 0 unspecified atom stereocenters. The number of nitrogens with zero attached hydrogens (tertiary/aromatic N) is 2. The summed E-state index contributed by atoms with van der Waals surface area (Å²) in [5.41, 5.74) is 16.1. The SMILES string of the molecule is CC(=O)OC[C@H]1O[C@@H](OC(=N)/C(Cc2ccc(/C=C/CCN3CCCC4(CCN(C(=O)CN)CC4)C3)cc2C)=C(\N)C(C)C)[C@H](OC(C)=O)[C@@H](OC(C)=O)[C@@H]1OC(C)=O. The van der Waals surface area contributed by atoms with E-state index in [0.717, 1.165) is 95.9 Å². The summed E-state index contributed by atoms with van der Waals surface area (Å²) in [5.74, 6) is -3.51. The van der Waals surface area contributed by atoms with E-state index < -0.39 is 61.2 Å². The average Bonchev–Trinajstić information content (AvgIpc) is 3.17. The van der Waals surface area contributed by atoms with Gasteiger partial charge >= 0.3 is 23.9 Å². The summed E-state index contributed by atoms with van der Waals surface area (Å²) in [6.45, 7) is 14.6. The molecule has 3 aliphatic heterocycles. The van der Waals surface area contributed by atoms with Crippen LogP contribution < -0.4 is 11.5 Å². The largest absolute Gasteiger partial charge is 0.463 e. The average molecular weight is 826 g/mol. The Morgan fingerprint density at radius 3 is 2.15 bits per heavy atom. The zero-order valence-electron chi connectivity index (χ0n) is 35.6. The lowest BCUT2D eigenvalue weighted by Crippen LogP contribution is -2.63. The molecular formula is C43H63N5O11. The highest BCUT2D eigenvalue weighted by atomic mass is 16.7. The van der Waals surface area contributed by atoms with Gasteiger partial charge in [0.05, 0.1) is 6.54 Å². The molecule has 326 valence electrons. The fourth-order valence-electron chi connectivity index (χ4n) is 8.09. The Morgan fingerprint density at radius 2 is 1.56 bits per heavy atom. The van der Waals surface area contributed by atoms with Gasteiger partial charge in [-0.3, -0.25) is 29.4 Å². The zero-order valence-corrected chi connectivity index (χ0v) is 35.6. The summed E-state index contributed by atoms with van der Waals surface area (Å²) in [6, 6.07) is 6.07. The zero-order chi connectivity index (χ0) is 43.4. The third-order valence-corrected chi connectivity index (χ3v) is 11.2. The van der Waals surface area contributed by atoms with Crippen molar-refractivity contribution in [2.75, 3.05) is 45.9 Å². The normalized spacial score (nSPS) is 23.7. The van der Waals surface area contributed by atoms with Crippen molar-refractivity contribution in [2.45, 2.75) is 118 Å². The third kappa shape index (κ3) is 13.4. The Hall–Kier alpha value is -4.80. The number of aryl methyl sites for hydroxylation is 1. The van der Waals surface area contributed by atoms with Crippen LogP contribution in [-0.4, -0.2) is 122 Å². The van der Waals surface area contributed by atoms with E-state index in [-0.39, 0.29) is 36.1 Å². The van der Waals surface area contributed by atoms with E-state index in [9.17, 15) is 24.0 Å². The van der Waals surface area contributed by atoms with Gasteiger partial charge in [0.25, 0.3) is 0 Å². The van der Waals surface area contributed by atoms with Gasteiger partial charge in [0.1, 0.15) is 12.7 Å². The van der Waals surface area contributed by atoms with Crippen LogP contribution in [0, 0.1) is 23.7 Å². The lowest BCUT2D eigenvalue weighted by atomic mass is 9.72. The molecule has 0 aliphatic carbocycles. The van der Waals surface area contributed by atoms with Crippen molar-refractivity contribution < 1.29 is 52.4 Å². The summed E-state index contributed by atoms with van der Waals surface area (Å²) in [5, 5.41) is 9.15. The molecule has 1 aromatic carbocycles. The summed E-state index contributed by atoms with van der Waals surface area (Å²) in [7, 11) is 0. The van der Waals surface area contributed by atoms with Crippen LogP contribution in [0.2, 0.25) is 0 Å². The van der Waals surface area contributed by atoms with E-state index >= 15 is 0 Å². The highest BCUT2D eigenvalue weighted by molar-refractivity contribution is 5.92. The molecule has 3 saturated heterocycles. The quantitative estimate of drug-likeness (QED) is 0.0997. The fourth-order valence-corrected chi connectivity index (χ4v) is 8.09. The number of allylic oxidation sites excluding steroid dienone is 1. The first-order valence-electron chi connectivity index (χ1n) is 20.4. The van der Waals surface area contributed by atoms with Gasteiger partial charge in [0.15, 0.2) is 12.2 Å². The van der Waals surface area contributed by atoms with E-state index in [1.807, 2.05) is 37.8 Å². The molecule has 59 heavy (non-hydrogen) atoms. The van der Waals surface area contributed by atoms with E-state index in [2.05, 4.69) is 23.1 Å². The summed E-state index contributed by atoms with van der Waals surface area (Å²) >= 11 is 0. The third-order valence-electron chi connectivity index (χ3n) is 11.2. The molecule has 3 fully saturated rings. The smallest absolute Gasteiger partial charge is 0.303 e. The molecule has 0 saturated carbocycles. The molecular weight excluding hydrogens is 762 g/mol. The van der Waals surface area contributed by atoms with Gasteiger partial charge in [-0.2, -0.15) is 0 Å². The van der Waals surface area contributed by atoms with Crippen molar-refractivity contribution in [2.24, 2.45) is 22.8 Å². The second-order valence-electron chi connectivity index (χ2n) is 16.1. The van der Waals surface area contributed by atoms with Gasteiger partial charge in [0.2, 0.25) is 24.2 Å². The number of benzene rings is 1. The number of hydrogen-bond donors (Lipinski definition) is 3. The molecule has 1 amide bonds. The van der Waals surface area contributed by atoms with Gasteiger partial charge in [0, 0.05) is 71.6 Å². The highest BCUT2D eigenvalue weighted by Crippen LogP contribution is 2.40. The number of rotatable bonds is 15. The minimum absolute atomic E-state index is 0.0365. The molecule has 3 heterocycles. The van der Waals surface area contributed by atoms with Crippen molar-refractivity contribution in [3.8, 4) is 0 Å². The minimum Gasteiger partial charge on any atom is -0.463 e. The molecule has 1 spiro atoms. The number of amides is 1. The Kier molecular flexibility index (Phi) is 17.0. The Balaban J connectivity index is 1.47. The first-order chi connectivity index (χ1) is 27.9. The van der Waals surface area contributed by atoms with Crippen LogP contribution in [0.25, 0.3) is 6.08 Å². The number of likely N-dealkylation sites (tertiary alicyclic amines) is 2. The van der Waals surface area contributed by atoms with Crippen molar-refractivity contribution in [3.05, 3.63) is 52.2 Å². The van der Waals surface area contributed by atoms with Gasteiger partial charge in [-0.1, -0.05) is 44.2 Å². The molecule has 16 heteroatoms. The van der Waals surface area contributed by atoms with E-state index in [1.165, 1.54) is 13.3 Å². The molecule has 4 rings (SSSR count). The summed E-state index contributed by atoms with van der Waals surface area (Å²) < 4.78 is 33.8. The van der Waals surface area contributed by atoms with Crippen LogP contribution >= 0.6 is 0 Å². The van der Waals surface area contributed by atoms with Crippen LogP contribution in [-0.2, 0) is 58.8 Å². The number of nitrogens with one attached hydrogen (secondary N) is 1. The number of carbonyl (C=O) groups is 5. The number of nitrogens with two attached hydrogens (primary N) is 2. The number of hydrogen-bond acceptors (Lipinski definition) is 15. The van der Waals surface area contributed by atoms with E-state index in [0.29, 0.717) is 11.3 Å². The van der Waals surface area contributed by atoms with Crippen LogP contribution in [0.5, 0.6) is 0 Å². The number of piperidine rings is 2. The first kappa shape index (κ1) is 46.9. The van der Waals surface area contributed by atoms with E-state index in [1.54, 1.807) is 0 Å². The van der Waals surface area contributed by atoms with Gasteiger partial charge in [-0.15, -0.1) is 0 Å². The Bertz CT molecular complexity index is 1750. The fraction of sp³-hybridized carbons (Fsp3) is 0.628. The lowest BCUT2D eigenvalue weighted by molar-refractivity contribution is -0.291. The van der Waals surface area contributed by atoms with Crippen LogP contribution in [0.1, 0.15) is 90.3 Å². The Labute approximate surface area is 347 Å². The maximum Gasteiger partial charge on any atom is 0.303 e. The van der Waals surface area contributed by atoms with Crippen molar-refractivity contribution >= 4 is 41.8 Å². The van der Waals surface area contributed by atoms with Crippen LogP contribution in [0.3, 0.4) is 0 Å². The van der Waals surface area contributed by atoms with Gasteiger partial charge in [-0.25, -0.2) is 0 Å². The highest BCUT2D eigenvalue weighted by Gasteiger charge is 2.53. The molecule has 0 aromatic heterocycles.